The summed E-state index contributed by atoms with van der Waals surface area (Å²) in [6, 6.07) is 0. The molecule has 0 unspecified atom stereocenters. The predicted octanol–water partition coefficient (Wildman–Crippen LogP) is 2.85. The third-order valence-corrected chi connectivity index (χ3v) is 2.21. The van der Waals surface area contributed by atoms with Crippen LogP contribution in [0.1, 0.15) is 41.0 Å². The molecule has 1 atom stereocenters. The highest BCUT2D eigenvalue weighted by molar-refractivity contribution is 4.80. The van der Waals surface area contributed by atoms with Crippen molar-refractivity contribution in [2.75, 3.05) is 6.61 Å². The molecule has 0 amide bonds. The quantitative estimate of drug-likeness (QED) is 0.508. The van der Waals surface area contributed by atoms with Gasteiger partial charge in [-0.2, -0.15) is 0 Å². The minimum atomic E-state index is 0.431. The summed E-state index contributed by atoms with van der Waals surface area (Å²) >= 11 is 0. The summed E-state index contributed by atoms with van der Waals surface area (Å²) in [5.74, 6) is 0. The van der Waals surface area contributed by atoms with Crippen LogP contribution < -0.4 is 0 Å². The van der Waals surface area contributed by atoms with E-state index in [0.29, 0.717) is 11.5 Å². The van der Waals surface area contributed by atoms with Crippen molar-refractivity contribution in [2.24, 2.45) is 5.41 Å². The maximum atomic E-state index is 5.37. The molecule has 1 heterocycles. The molecule has 0 aromatic carbocycles. The van der Waals surface area contributed by atoms with Crippen LogP contribution in [0, 0.1) is 5.41 Å². The normalized spacial score (nSPS) is 29.1. The van der Waals surface area contributed by atoms with Gasteiger partial charge in [0.1, 0.15) is 0 Å². The van der Waals surface area contributed by atoms with E-state index < -0.39 is 0 Å². The molecule has 0 spiro atoms. The molecule has 0 radical (unpaired) electrons. The molecule has 0 aromatic rings. The van der Waals surface area contributed by atoms with Crippen LogP contribution in [0.15, 0.2) is 0 Å². The van der Waals surface area contributed by atoms with Crippen LogP contribution in [0.4, 0.5) is 0 Å². The van der Waals surface area contributed by atoms with Crippen molar-refractivity contribution in [3.05, 3.63) is 0 Å². The van der Waals surface area contributed by atoms with E-state index in [1.807, 2.05) is 13.8 Å². The van der Waals surface area contributed by atoms with Crippen molar-refractivity contribution in [1.29, 1.82) is 0 Å². The van der Waals surface area contributed by atoms with Crippen molar-refractivity contribution < 1.29 is 4.74 Å². The van der Waals surface area contributed by atoms with Gasteiger partial charge in [-0.1, -0.05) is 27.7 Å². The van der Waals surface area contributed by atoms with E-state index in [1.165, 1.54) is 6.42 Å². The van der Waals surface area contributed by atoms with Crippen LogP contribution in [-0.4, -0.2) is 12.7 Å². The molecule has 0 aliphatic carbocycles. The monoisotopic (exact) mass is 144 g/mol. The molecule has 10 heavy (non-hydrogen) atoms. The summed E-state index contributed by atoms with van der Waals surface area (Å²) in [7, 11) is 0. The van der Waals surface area contributed by atoms with Crippen LogP contribution in [0.2, 0.25) is 0 Å². The topological polar surface area (TPSA) is 9.23 Å². The Bertz CT molecular complexity index is 86.7. The van der Waals surface area contributed by atoms with Crippen molar-refractivity contribution in [1.82, 2.24) is 0 Å². The van der Waals surface area contributed by atoms with E-state index in [4.69, 9.17) is 4.74 Å². The van der Waals surface area contributed by atoms with Gasteiger partial charge in [0, 0.05) is 6.61 Å². The summed E-state index contributed by atoms with van der Waals surface area (Å²) < 4.78 is 5.37. The van der Waals surface area contributed by atoms with E-state index in [2.05, 4.69) is 20.8 Å². The molecule has 1 rings (SSSR count). The van der Waals surface area contributed by atoms with Gasteiger partial charge in [-0.25, -0.2) is 0 Å². The zero-order chi connectivity index (χ0) is 8.20. The molecule has 62 valence electrons. The first kappa shape index (κ1) is 9.96. The fourth-order valence-electron chi connectivity index (χ4n) is 0.928. The lowest BCUT2D eigenvalue weighted by Crippen LogP contribution is -2.19. The lowest BCUT2D eigenvalue weighted by Gasteiger charge is -2.20. The maximum absolute atomic E-state index is 5.37. The SMILES string of the molecule is CC.C[C@H]1OCCC1(C)C. The molecule has 0 saturated carbocycles. The van der Waals surface area contributed by atoms with Gasteiger partial charge in [-0.15, -0.1) is 0 Å². The van der Waals surface area contributed by atoms with Crippen LogP contribution >= 0.6 is 0 Å². The first-order valence-electron chi connectivity index (χ1n) is 4.24. The van der Waals surface area contributed by atoms with Crippen LogP contribution in [0.3, 0.4) is 0 Å². The van der Waals surface area contributed by atoms with E-state index in [1.54, 1.807) is 0 Å². The van der Waals surface area contributed by atoms with E-state index in [0.717, 1.165) is 6.61 Å². The van der Waals surface area contributed by atoms with Gasteiger partial charge in [0.25, 0.3) is 0 Å². The number of rotatable bonds is 0. The molecule has 1 aliphatic rings. The third kappa shape index (κ3) is 2.30. The molecular formula is C9H20O. The zero-order valence-corrected chi connectivity index (χ0v) is 7.90. The average Bonchev–Trinajstić information content (AvgIpc) is 2.17. The van der Waals surface area contributed by atoms with Gasteiger partial charge in [0.05, 0.1) is 6.10 Å². The van der Waals surface area contributed by atoms with Crippen LogP contribution in [0.5, 0.6) is 0 Å². The molecule has 0 aromatic heterocycles. The van der Waals surface area contributed by atoms with Crippen LogP contribution in [-0.2, 0) is 4.74 Å². The largest absolute Gasteiger partial charge is 0.378 e. The second kappa shape index (κ2) is 3.97. The number of hydrogen-bond donors (Lipinski definition) is 0. The fraction of sp³-hybridized carbons (Fsp3) is 1.00. The highest BCUT2D eigenvalue weighted by Gasteiger charge is 2.31. The molecule has 0 N–H and O–H groups in total. The smallest absolute Gasteiger partial charge is 0.0598 e. The summed E-state index contributed by atoms with van der Waals surface area (Å²) in [6.07, 6.45) is 1.68. The van der Waals surface area contributed by atoms with Gasteiger partial charge in [-0.05, 0) is 18.8 Å². The Kier molecular flexibility index (Phi) is 3.95. The molecule has 1 heteroatoms. The summed E-state index contributed by atoms with van der Waals surface area (Å²) in [6.45, 7) is 11.6. The molecule has 1 aliphatic heterocycles. The minimum absolute atomic E-state index is 0.431. The number of ether oxygens (including phenoxy) is 1. The zero-order valence-electron chi connectivity index (χ0n) is 7.90. The molecule has 1 saturated heterocycles. The Morgan fingerprint density at radius 1 is 1.30 bits per heavy atom. The fourth-order valence-corrected chi connectivity index (χ4v) is 0.928. The molecule has 1 fully saturated rings. The second-order valence-electron chi connectivity index (χ2n) is 3.25. The minimum Gasteiger partial charge on any atom is -0.378 e. The lowest BCUT2D eigenvalue weighted by atomic mass is 9.87. The van der Waals surface area contributed by atoms with Crippen LogP contribution in [0.25, 0.3) is 0 Å². The van der Waals surface area contributed by atoms with E-state index in [9.17, 15) is 0 Å². The Morgan fingerprint density at radius 3 is 1.90 bits per heavy atom. The molecule has 0 bridgehead atoms. The first-order valence-corrected chi connectivity index (χ1v) is 4.24. The van der Waals surface area contributed by atoms with Crippen molar-refractivity contribution in [3.8, 4) is 0 Å². The Morgan fingerprint density at radius 2 is 1.80 bits per heavy atom. The van der Waals surface area contributed by atoms with Crippen molar-refractivity contribution in [3.63, 3.8) is 0 Å². The highest BCUT2D eigenvalue weighted by atomic mass is 16.5. The van der Waals surface area contributed by atoms with E-state index in [-0.39, 0.29) is 0 Å². The summed E-state index contributed by atoms with van der Waals surface area (Å²) in [5, 5.41) is 0. The van der Waals surface area contributed by atoms with E-state index >= 15 is 0 Å². The van der Waals surface area contributed by atoms with Gasteiger partial charge < -0.3 is 4.74 Å². The first-order chi connectivity index (χ1) is 4.63. The molecule has 1 nitrogen and oxygen atoms in total. The van der Waals surface area contributed by atoms with Crippen molar-refractivity contribution in [2.45, 2.75) is 47.1 Å². The average molecular weight is 144 g/mol. The Balaban J connectivity index is 0.000000371. The lowest BCUT2D eigenvalue weighted by molar-refractivity contribution is 0.0798. The van der Waals surface area contributed by atoms with Gasteiger partial charge in [0.2, 0.25) is 0 Å². The van der Waals surface area contributed by atoms with Crippen molar-refractivity contribution >= 4 is 0 Å². The summed E-state index contributed by atoms with van der Waals surface area (Å²) in [4.78, 5) is 0. The predicted molar refractivity (Wildman–Crippen MR) is 45.2 cm³/mol. The van der Waals surface area contributed by atoms with Gasteiger partial charge in [0.15, 0.2) is 0 Å². The van der Waals surface area contributed by atoms with Gasteiger partial charge in [-0.3, -0.25) is 0 Å². The second-order valence-corrected chi connectivity index (χ2v) is 3.25. The standard InChI is InChI=1S/C7H14O.C2H6/c1-6-7(2,3)4-5-8-6;1-2/h6H,4-5H2,1-3H3;1-2H3/t6-;/m1./s1. The molecular weight excluding hydrogens is 124 g/mol. The third-order valence-electron chi connectivity index (χ3n) is 2.21. The maximum Gasteiger partial charge on any atom is 0.0598 e. The summed E-state index contributed by atoms with van der Waals surface area (Å²) in [5.41, 5.74) is 0.431. The Hall–Kier alpha value is -0.0400. The Labute approximate surface area is 64.8 Å². The highest BCUT2D eigenvalue weighted by Crippen LogP contribution is 2.32. The number of hydrogen-bond acceptors (Lipinski definition) is 1. The van der Waals surface area contributed by atoms with Gasteiger partial charge >= 0.3 is 0 Å².